The van der Waals surface area contributed by atoms with Crippen molar-refractivity contribution in [3.05, 3.63) is 29.8 Å². The number of hydrogen-bond acceptors (Lipinski definition) is 4. The molecule has 0 heterocycles. The lowest BCUT2D eigenvalue weighted by molar-refractivity contribution is -0.214. The van der Waals surface area contributed by atoms with E-state index < -0.39 is 11.9 Å². The van der Waals surface area contributed by atoms with E-state index in [1.807, 2.05) is 0 Å². The molecule has 0 radical (unpaired) electrons. The van der Waals surface area contributed by atoms with Crippen LogP contribution in [0.5, 0.6) is 5.75 Å². The van der Waals surface area contributed by atoms with Crippen LogP contribution >= 0.6 is 0 Å². The Morgan fingerprint density at radius 3 is 2.50 bits per heavy atom. The van der Waals surface area contributed by atoms with Crippen LogP contribution in [0, 0.1) is 0 Å². The third-order valence-electron chi connectivity index (χ3n) is 2.83. The van der Waals surface area contributed by atoms with E-state index >= 15 is 0 Å². The number of carboxylic acid groups (broad SMARTS) is 1. The number of rotatable bonds is 9. The number of para-hydroxylation sites is 1. The number of hydrogen-bond donors (Lipinski definition) is 1. The molecule has 0 fully saturated rings. The quantitative estimate of drug-likeness (QED) is 0.425. The molecule has 0 amide bonds. The van der Waals surface area contributed by atoms with Crippen LogP contribution in [0.25, 0.3) is 0 Å². The summed E-state index contributed by atoms with van der Waals surface area (Å²) in [5.74, 6) is -1.59. The highest BCUT2D eigenvalue weighted by molar-refractivity contribution is 5.90. The van der Waals surface area contributed by atoms with E-state index in [0.29, 0.717) is 0 Å². The van der Waals surface area contributed by atoms with Crippen molar-refractivity contribution in [3.8, 4) is 5.75 Å². The van der Waals surface area contributed by atoms with Gasteiger partial charge < -0.3 is 5.11 Å². The first kappa shape index (κ1) is 16.0. The first-order chi connectivity index (χ1) is 9.65. The summed E-state index contributed by atoms with van der Waals surface area (Å²) in [6.07, 6.45) is 5.43. The molecule has 110 valence electrons. The monoisotopic (exact) mass is 280 g/mol. The van der Waals surface area contributed by atoms with Crippen molar-refractivity contribution in [2.24, 2.45) is 0 Å². The van der Waals surface area contributed by atoms with Gasteiger partial charge in [0.1, 0.15) is 5.56 Å². The molecule has 1 aromatic carbocycles. The molecule has 5 heteroatoms. The van der Waals surface area contributed by atoms with Gasteiger partial charge in [0.25, 0.3) is 0 Å². The third-order valence-corrected chi connectivity index (χ3v) is 2.83. The lowest BCUT2D eigenvalue weighted by Crippen LogP contribution is -2.10. The largest absolute Gasteiger partial charge is 0.478 e. The molecule has 0 aliphatic heterocycles. The fourth-order valence-electron chi connectivity index (χ4n) is 1.72. The molecule has 0 saturated heterocycles. The number of benzene rings is 1. The second-order valence-corrected chi connectivity index (χ2v) is 4.50. The Labute approximate surface area is 118 Å². The number of carbonyl (C=O) groups excluding carboxylic acids is 1. The molecule has 5 nitrogen and oxygen atoms in total. The van der Waals surface area contributed by atoms with Crippen LogP contribution in [0.4, 0.5) is 0 Å². The summed E-state index contributed by atoms with van der Waals surface area (Å²) in [4.78, 5) is 31.8. The number of carboxylic acids is 1. The minimum Gasteiger partial charge on any atom is -0.478 e. The summed E-state index contributed by atoms with van der Waals surface area (Å²) in [6.45, 7) is 2.13. The molecule has 0 atom stereocenters. The Kier molecular flexibility index (Phi) is 7.17. The minimum atomic E-state index is -1.13. The topological polar surface area (TPSA) is 72.8 Å². The molecule has 0 aromatic heterocycles. The van der Waals surface area contributed by atoms with Crippen molar-refractivity contribution in [3.63, 3.8) is 0 Å². The fraction of sp³-hybridized carbons (Fsp3) is 0.467. The van der Waals surface area contributed by atoms with Crippen molar-refractivity contribution < 1.29 is 24.5 Å². The van der Waals surface area contributed by atoms with Gasteiger partial charge in [-0.2, -0.15) is 0 Å². The Morgan fingerprint density at radius 2 is 1.80 bits per heavy atom. The van der Waals surface area contributed by atoms with Gasteiger partial charge in [0.15, 0.2) is 5.75 Å². The summed E-state index contributed by atoms with van der Waals surface area (Å²) in [6, 6.07) is 6.01. The normalized spacial score (nSPS) is 10.1. The molecule has 20 heavy (non-hydrogen) atoms. The number of aromatic carboxylic acids is 1. The zero-order valence-electron chi connectivity index (χ0n) is 11.6. The van der Waals surface area contributed by atoms with E-state index in [1.54, 1.807) is 12.1 Å². The smallest absolute Gasteiger partial charge is 0.355 e. The third kappa shape index (κ3) is 5.73. The van der Waals surface area contributed by atoms with E-state index in [2.05, 4.69) is 11.8 Å². The van der Waals surface area contributed by atoms with E-state index in [9.17, 15) is 9.59 Å². The van der Waals surface area contributed by atoms with Crippen LogP contribution in [0.1, 0.15) is 55.8 Å². The first-order valence-corrected chi connectivity index (χ1v) is 6.84. The number of carbonyl (C=O) groups is 2. The van der Waals surface area contributed by atoms with Gasteiger partial charge in [0, 0.05) is 0 Å². The van der Waals surface area contributed by atoms with Crippen LogP contribution in [0.15, 0.2) is 24.3 Å². The van der Waals surface area contributed by atoms with Crippen LogP contribution in [0.3, 0.4) is 0 Å². The Morgan fingerprint density at radius 1 is 1.10 bits per heavy atom. The highest BCUT2D eigenvalue weighted by Crippen LogP contribution is 2.18. The molecule has 1 aromatic rings. The zero-order chi connectivity index (χ0) is 14.8. The molecule has 0 spiro atoms. The Hall–Kier alpha value is -2.04. The maximum absolute atomic E-state index is 11.4. The Balaban J connectivity index is 2.32. The maximum Gasteiger partial charge on any atom is 0.355 e. The predicted octanol–water partition coefficient (Wildman–Crippen LogP) is 3.58. The van der Waals surface area contributed by atoms with Gasteiger partial charge >= 0.3 is 11.9 Å². The molecule has 0 bridgehead atoms. The second kappa shape index (κ2) is 8.96. The highest BCUT2D eigenvalue weighted by Gasteiger charge is 2.13. The van der Waals surface area contributed by atoms with Gasteiger partial charge in [-0.15, -0.1) is 0 Å². The fourth-order valence-corrected chi connectivity index (χ4v) is 1.72. The molecule has 0 unspecified atom stereocenters. The van der Waals surface area contributed by atoms with Gasteiger partial charge in [-0.1, -0.05) is 44.7 Å². The number of unbranched alkanes of at least 4 members (excludes halogenated alkanes) is 4. The van der Waals surface area contributed by atoms with Crippen molar-refractivity contribution >= 4 is 11.9 Å². The van der Waals surface area contributed by atoms with Crippen LogP contribution in [-0.4, -0.2) is 17.0 Å². The molecule has 1 N–H and O–H groups in total. The molecular formula is C15H20O5. The molecule has 0 aliphatic rings. The van der Waals surface area contributed by atoms with Crippen molar-refractivity contribution in [2.75, 3.05) is 0 Å². The lowest BCUT2D eigenvalue weighted by Gasteiger charge is -2.06. The predicted molar refractivity (Wildman–Crippen MR) is 73.5 cm³/mol. The van der Waals surface area contributed by atoms with E-state index in [4.69, 9.17) is 9.99 Å². The summed E-state index contributed by atoms with van der Waals surface area (Å²) in [5, 5.41) is 8.93. The van der Waals surface area contributed by atoms with Crippen molar-refractivity contribution in [1.82, 2.24) is 0 Å². The average Bonchev–Trinajstić information content (AvgIpc) is 2.45. The molecular weight excluding hydrogens is 260 g/mol. The van der Waals surface area contributed by atoms with Crippen molar-refractivity contribution in [1.29, 1.82) is 0 Å². The van der Waals surface area contributed by atoms with Gasteiger partial charge in [-0.25, -0.2) is 9.59 Å². The minimum absolute atomic E-state index is 0.0272. The summed E-state index contributed by atoms with van der Waals surface area (Å²) >= 11 is 0. The van der Waals surface area contributed by atoms with Crippen LogP contribution in [0.2, 0.25) is 0 Å². The average molecular weight is 280 g/mol. The lowest BCUT2D eigenvalue weighted by atomic mass is 10.1. The molecule has 1 rings (SSSR count). The van der Waals surface area contributed by atoms with E-state index in [-0.39, 0.29) is 17.7 Å². The summed E-state index contributed by atoms with van der Waals surface area (Å²) in [7, 11) is 0. The highest BCUT2D eigenvalue weighted by atomic mass is 17.2. The van der Waals surface area contributed by atoms with E-state index in [0.717, 1.165) is 32.1 Å². The summed E-state index contributed by atoms with van der Waals surface area (Å²) < 4.78 is 0. The van der Waals surface area contributed by atoms with E-state index in [1.165, 1.54) is 12.1 Å². The van der Waals surface area contributed by atoms with Gasteiger partial charge in [0.05, 0.1) is 6.42 Å². The summed E-state index contributed by atoms with van der Waals surface area (Å²) in [5.41, 5.74) is -0.0387. The Bertz CT molecular complexity index is 442. The van der Waals surface area contributed by atoms with Crippen LogP contribution in [-0.2, 0) is 9.68 Å². The zero-order valence-corrected chi connectivity index (χ0v) is 11.6. The molecule has 0 saturated carbocycles. The van der Waals surface area contributed by atoms with Crippen LogP contribution < -0.4 is 4.89 Å². The van der Waals surface area contributed by atoms with Gasteiger partial charge in [0.2, 0.25) is 0 Å². The first-order valence-electron chi connectivity index (χ1n) is 6.84. The van der Waals surface area contributed by atoms with Crippen molar-refractivity contribution in [2.45, 2.75) is 45.4 Å². The maximum atomic E-state index is 11.4. The standard InChI is InChI=1S/C15H20O5/c1-2-3-4-5-6-11-14(16)20-19-13-10-8-7-9-12(13)15(17)18/h7-10H,2-6,11H2,1H3,(H,17,18). The molecule has 0 aliphatic carbocycles. The van der Waals surface area contributed by atoms with Gasteiger partial charge in [-0.05, 0) is 18.6 Å². The SMILES string of the molecule is CCCCCCCC(=O)OOc1ccccc1C(=O)O. The second-order valence-electron chi connectivity index (χ2n) is 4.50. The van der Waals surface area contributed by atoms with Gasteiger partial charge in [-0.3, -0.25) is 9.78 Å².